The van der Waals surface area contributed by atoms with E-state index in [-0.39, 0.29) is 5.91 Å². The van der Waals surface area contributed by atoms with Crippen molar-refractivity contribution in [2.75, 3.05) is 32.7 Å². The molecule has 3 fully saturated rings. The number of nitrogens with one attached hydrogen (secondary N) is 1. The van der Waals surface area contributed by atoms with E-state index < -0.39 is 5.54 Å². The maximum absolute atomic E-state index is 11.8. The molecule has 0 aliphatic carbocycles. The van der Waals surface area contributed by atoms with Crippen LogP contribution in [0.3, 0.4) is 0 Å². The van der Waals surface area contributed by atoms with Gasteiger partial charge in [0.05, 0.1) is 0 Å². The van der Waals surface area contributed by atoms with Gasteiger partial charge in [0.1, 0.15) is 5.54 Å². The third kappa shape index (κ3) is 2.43. The van der Waals surface area contributed by atoms with Gasteiger partial charge in [-0.2, -0.15) is 0 Å². The predicted molar refractivity (Wildman–Crippen MR) is 67.7 cm³/mol. The summed E-state index contributed by atoms with van der Waals surface area (Å²) in [6.07, 6.45) is 2.80. The minimum Gasteiger partial charge on any atom is -0.368 e. The molecule has 7 nitrogen and oxygen atoms in total. The fraction of sp³-hybridized carbons (Fsp3) is 0.909. The lowest BCUT2D eigenvalue weighted by atomic mass is 9.72. The van der Waals surface area contributed by atoms with Gasteiger partial charge in [-0.25, -0.2) is 0 Å². The molecule has 0 aromatic carbocycles. The molecule has 1 unspecified atom stereocenters. The fourth-order valence-electron chi connectivity index (χ4n) is 3.14. The normalized spacial score (nSPS) is 34.0. The molecule has 7 heteroatoms. The van der Waals surface area contributed by atoms with Gasteiger partial charge in [0, 0.05) is 18.0 Å². The first-order valence-electron chi connectivity index (χ1n) is 6.47. The van der Waals surface area contributed by atoms with Gasteiger partial charge in [0.25, 0.3) is 0 Å². The number of hydrogen-bond acceptors (Lipinski definition) is 4. The molecule has 3 rings (SSSR count). The first-order chi connectivity index (χ1) is 8.69. The first kappa shape index (κ1) is 13.1. The Balaban J connectivity index is 1.95. The van der Waals surface area contributed by atoms with Crippen LogP contribution in [-0.4, -0.2) is 49.1 Å². The van der Waals surface area contributed by atoms with Gasteiger partial charge in [-0.3, -0.25) is 4.79 Å². The lowest BCUT2D eigenvalue weighted by Gasteiger charge is -2.52. The van der Waals surface area contributed by atoms with Crippen molar-refractivity contribution in [3.05, 3.63) is 10.4 Å². The smallest absolute Gasteiger partial charge is 0.239 e. The summed E-state index contributed by atoms with van der Waals surface area (Å²) in [5.41, 5.74) is 13.2. The maximum Gasteiger partial charge on any atom is 0.239 e. The molecule has 0 radical (unpaired) electrons. The summed E-state index contributed by atoms with van der Waals surface area (Å²) in [7, 11) is 0. The number of fused-ring (bicyclic) bond motifs is 3. The highest BCUT2D eigenvalue weighted by Crippen LogP contribution is 2.35. The van der Waals surface area contributed by atoms with Crippen LogP contribution in [0.25, 0.3) is 10.4 Å². The third-order valence-corrected chi connectivity index (χ3v) is 4.14. The number of rotatable bonds is 6. The molecule has 0 saturated carbocycles. The molecule has 2 bridgehead atoms. The number of amides is 1. The lowest BCUT2D eigenvalue weighted by Crippen LogP contribution is -2.71. The van der Waals surface area contributed by atoms with Gasteiger partial charge < -0.3 is 16.0 Å². The molecule has 3 saturated heterocycles. The van der Waals surface area contributed by atoms with Crippen molar-refractivity contribution in [1.29, 1.82) is 0 Å². The summed E-state index contributed by atoms with van der Waals surface area (Å²) in [6, 6.07) is 0. The van der Waals surface area contributed by atoms with E-state index in [1.54, 1.807) is 0 Å². The number of azide groups is 1. The zero-order valence-electron chi connectivity index (χ0n) is 10.5. The second-order valence-corrected chi connectivity index (χ2v) is 5.12. The molecule has 1 amide bonds. The monoisotopic (exact) mass is 252 g/mol. The standard InChI is InChI=1S/C11H20N6O/c12-10(18)11(14-4-1-5-15-16-13)8-17-6-2-9(11)3-7-17/h9,14H,1-8H2,(H2,12,18). The SMILES string of the molecule is [N-]=[N+]=NCCCNC1(C(N)=O)CN2CCC1CC2. The second kappa shape index (κ2) is 5.56. The van der Waals surface area contributed by atoms with E-state index >= 15 is 0 Å². The molecule has 3 aliphatic heterocycles. The minimum atomic E-state index is -0.577. The van der Waals surface area contributed by atoms with Crippen molar-refractivity contribution in [2.24, 2.45) is 16.8 Å². The molecular weight excluding hydrogens is 232 g/mol. The van der Waals surface area contributed by atoms with Crippen LogP contribution in [0.2, 0.25) is 0 Å². The summed E-state index contributed by atoms with van der Waals surface area (Å²) in [6.45, 7) is 3.97. The highest BCUT2D eigenvalue weighted by atomic mass is 16.1. The van der Waals surface area contributed by atoms with E-state index in [4.69, 9.17) is 11.3 Å². The molecular formula is C11H20N6O. The van der Waals surface area contributed by atoms with Crippen LogP contribution in [-0.2, 0) is 4.79 Å². The van der Waals surface area contributed by atoms with Crippen molar-refractivity contribution in [3.63, 3.8) is 0 Å². The van der Waals surface area contributed by atoms with Crippen LogP contribution in [0.4, 0.5) is 0 Å². The molecule has 0 spiro atoms. The van der Waals surface area contributed by atoms with Crippen molar-refractivity contribution in [1.82, 2.24) is 10.2 Å². The Bertz CT molecular complexity index is 359. The van der Waals surface area contributed by atoms with Crippen LogP contribution in [0.1, 0.15) is 19.3 Å². The molecule has 0 aromatic heterocycles. The first-order valence-corrected chi connectivity index (χ1v) is 6.47. The zero-order chi connectivity index (χ0) is 13.0. The number of nitrogens with zero attached hydrogens (tertiary/aromatic N) is 4. The molecule has 3 aliphatic rings. The Kier molecular flexibility index (Phi) is 4.06. The average Bonchev–Trinajstić information content (AvgIpc) is 2.39. The Morgan fingerprint density at radius 3 is 2.78 bits per heavy atom. The minimum absolute atomic E-state index is 0.249. The van der Waals surface area contributed by atoms with E-state index in [2.05, 4.69) is 20.2 Å². The Hall–Kier alpha value is -1.30. The molecule has 1 atom stereocenters. The van der Waals surface area contributed by atoms with E-state index in [1.807, 2.05) is 0 Å². The summed E-state index contributed by atoms with van der Waals surface area (Å²) in [5.74, 6) is 0.0974. The van der Waals surface area contributed by atoms with Crippen LogP contribution in [0, 0.1) is 5.92 Å². The maximum atomic E-state index is 11.8. The number of carbonyl (C=O) groups excluding carboxylic acids is 1. The topological polar surface area (TPSA) is 107 Å². The predicted octanol–water partition coefficient (Wildman–Crippen LogP) is 0.226. The largest absolute Gasteiger partial charge is 0.368 e. The average molecular weight is 252 g/mol. The van der Waals surface area contributed by atoms with E-state index in [0.29, 0.717) is 25.6 Å². The number of nitrogens with two attached hydrogens (primary N) is 1. The van der Waals surface area contributed by atoms with E-state index in [9.17, 15) is 4.79 Å². The quantitative estimate of drug-likeness (QED) is 0.305. The number of piperidine rings is 3. The highest BCUT2D eigenvalue weighted by molar-refractivity contribution is 5.85. The summed E-state index contributed by atoms with van der Waals surface area (Å²) >= 11 is 0. The van der Waals surface area contributed by atoms with Crippen molar-refractivity contribution >= 4 is 5.91 Å². The summed E-state index contributed by atoms with van der Waals surface area (Å²) in [4.78, 5) is 16.8. The van der Waals surface area contributed by atoms with E-state index in [0.717, 1.165) is 32.4 Å². The van der Waals surface area contributed by atoms with Crippen molar-refractivity contribution < 1.29 is 4.79 Å². The lowest BCUT2D eigenvalue weighted by molar-refractivity contribution is -0.133. The summed E-state index contributed by atoms with van der Waals surface area (Å²) in [5, 5.41) is 6.81. The second-order valence-electron chi connectivity index (χ2n) is 5.12. The van der Waals surface area contributed by atoms with E-state index in [1.165, 1.54) is 0 Å². The van der Waals surface area contributed by atoms with Gasteiger partial charge >= 0.3 is 0 Å². The van der Waals surface area contributed by atoms with Crippen molar-refractivity contribution in [3.8, 4) is 0 Å². The number of carbonyl (C=O) groups is 1. The number of primary amides is 1. The Labute approximate surface area is 106 Å². The summed E-state index contributed by atoms with van der Waals surface area (Å²) < 4.78 is 0. The van der Waals surface area contributed by atoms with Gasteiger partial charge in [-0.15, -0.1) is 0 Å². The van der Waals surface area contributed by atoms with Gasteiger partial charge in [-0.1, -0.05) is 5.11 Å². The number of hydrogen-bond donors (Lipinski definition) is 2. The molecule has 3 N–H and O–H groups in total. The van der Waals surface area contributed by atoms with Gasteiger partial charge in [0.2, 0.25) is 5.91 Å². The zero-order valence-corrected chi connectivity index (χ0v) is 10.5. The van der Waals surface area contributed by atoms with Crippen LogP contribution < -0.4 is 11.1 Å². The van der Waals surface area contributed by atoms with Crippen LogP contribution >= 0.6 is 0 Å². The Morgan fingerprint density at radius 2 is 2.28 bits per heavy atom. The highest BCUT2D eigenvalue weighted by Gasteiger charge is 2.50. The van der Waals surface area contributed by atoms with Crippen molar-refractivity contribution in [2.45, 2.75) is 24.8 Å². The molecule has 100 valence electrons. The fourth-order valence-corrected chi connectivity index (χ4v) is 3.14. The van der Waals surface area contributed by atoms with Crippen LogP contribution in [0.15, 0.2) is 5.11 Å². The molecule has 0 aromatic rings. The Morgan fingerprint density at radius 1 is 1.56 bits per heavy atom. The van der Waals surface area contributed by atoms with Gasteiger partial charge in [0.15, 0.2) is 0 Å². The van der Waals surface area contributed by atoms with Crippen LogP contribution in [0.5, 0.6) is 0 Å². The third-order valence-electron chi connectivity index (χ3n) is 4.14. The van der Waals surface area contributed by atoms with Gasteiger partial charge in [-0.05, 0) is 50.3 Å². The molecule has 3 heterocycles. The molecule has 18 heavy (non-hydrogen) atoms.